The molecule has 15 heavy (non-hydrogen) atoms. The minimum absolute atomic E-state index is 0.0226. The van der Waals surface area contributed by atoms with Crippen LogP contribution in [0.5, 0.6) is 5.75 Å². The SMILES string of the molecule is O=Cc1c(OC2CC2)cccc1[N+](=O)[O-]. The lowest BCUT2D eigenvalue weighted by Crippen LogP contribution is -2.02. The highest BCUT2D eigenvalue weighted by Gasteiger charge is 2.26. The molecule has 1 aliphatic carbocycles. The number of aldehydes is 1. The van der Waals surface area contributed by atoms with Crippen LogP contribution in [-0.4, -0.2) is 17.3 Å². The van der Waals surface area contributed by atoms with Gasteiger partial charge in [0, 0.05) is 6.07 Å². The first-order valence-electron chi connectivity index (χ1n) is 4.61. The molecule has 0 atom stereocenters. The number of ether oxygens (including phenoxy) is 1. The van der Waals surface area contributed by atoms with Gasteiger partial charge in [-0.05, 0) is 18.9 Å². The Morgan fingerprint density at radius 1 is 1.47 bits per heavy atom. The second kappa shape index (κ2) is 3.68. The Bertz CT molecular complexity index is 412. The van der Waals surface area contributed by atoms with E-state index in [2.05, 4.69) is 0 Å². The number of carbonyl (C=O) groups is 1. The maximum atomic E-state index is 10.8. The van der Waals surface area contributed by atoms with Gasteiger partial charge in [0.2, 0.25) is 0 Å². The van der Waals surface area contributed by atoms with Gasteiger partial charge in [-0.1, -0.05) is 6.07 Å². The summed E-state index contributed by atoms with van der Waals surface area (Å²) in [6.45, 7) is 0. The smallest absolute Gasteiger partial charge is 0.283 e. The summed E-state index contributed by atoms with van der Waals surface area (Å²) >= 11 is 0. The van der Waals surface area contributed by atoms with Gasteiger partial charge in [0.25, 0.3) is 5.69 Å². The summed E-state index contributed by atoms with van der Waals surface area (Å²) in [5, 5.41) is 10.6. The van der Waals surface area contributed by atoms with Crippen LogP contribution in [0, 0.1) is 10.1 Å². The van der Waals surface area contributed by atoms with E-state index >= 15 is 0 Å². The zero-order chi connectivity index (χ0) is 10.8. The molecule has 2 rings (SSSR count). The standard InChI is InChI=1S/C10H9NO4/c12-6-8-9(11(13)14)2-1-3-10(8)15-7-4-5-7/h1-3,6-7H,4-5H2. The number of nitro groups is 1. The fourth-order valence-electron chi connectivity index (χ4n) is 1.28. The molecular weight excluding hydrogens is 198 g/mol. The molecule has 0 aliphatic heterocycles. The second-order valence-electron chi connectivity index (χ2n) is 3.38. The molecule has 0 radical (unpaired) electrons. The Labute approximate surface area is 85.8 Å². The van der Waals surface area contributed by atoms with Crippen LogP contribution < -0.4 is 4.74 Å². The fraction of sp³-hybridized carbons (Fsp3) is 0.300. The van der Waals surface area contributed by atoms with Crippen LogP contribution in [-0.2, 0) is 0 Å². The van der Waals surface area contributed by atoms with E-state index < -0.39 is 4.92 Å². The van der Waals surface area contributed by atoms with Crippen LogP contribution in [0.25, 0.3) is 0 Å². The predicted molar refractivity (Wildman–Crippen MR) is 52.1 cm³/mol. The summed E-state index contributed by atoms with van der Waals surface area (Å²) in [5.74, 6) is 0.307. The summed E-state index contributed by atoms with van der Waals surface area (Å²) in [4.78, 5) is 20.8. The van der Waals surface area contributed by atoms with Crippen molar-refractivity contribution >= 4 is 12.0 Å². The number of benzene rings is 1. The van der Waals surface area contributed by atoms with E-state index in [1.807, 2.05) is 0 Å². The summed E-state index contributed by atoms with van der Waals surface area (Å²) in [5.41, 5.74) is -0.183. The van der Waals surface area contributed by atoms with E-state index in [4.69, 9.17) is 4.74 Å². The Kier molecular flexibility index (Phi) is 2.37. The van der Waals surface area contributed by atoms with Crippen LogP contribution in [0.15, 0.2) is 18.2 Å². The minimum atomic E-state index is -0.580. The number of hydrogen-bond acceptors (Lipinski definition) is 4. The van der Waals surface area contributed by atoms with Gasteiger partial charge in [0.1, 0.15) is 11.3 Å². The van der Waals surface area contributed by atoms with Crippen LogP contribution >= 0.6 is 0 Å². The van der Waals surface area contributed by atoms with Gasteiger partial charge in [-0.2, -0.15) is 0 Å². The highest BCUT2D eigenvalue weighted by atomic mass is 16.6. The zero-order valence-corrected chi connectivity index (χ0v) is 7.88. The van der Waals surface area contributed by atoms with Crippen molar-refractivity contribution in [2.24, 2.45) is 0 Å². The molecule has 0 saturated heterocycles. The highest BCUT2D eigenvalue weighted by Crippen LogP contribution is 2.32. The van der Waals surface area contributed by atoms with E-state index in [-0.39, 0.29) is 17.4 Å². The lowest BCUT2D eigenvalue weighted by atomic mass is 10.2. The maximum Gasteiger partial charge on any atom is 0.283 e. The molecule has 0 amide bonds. The molecule has 1 aliphatic rings. The van der Waals surface area contributed by atoms with E-state index in [9.17, 15) is 14.9 Å². The van der Waals surface area contributed by atoms with Gasteiger partial charge in [0.05, 0.1) is 11.0 Å². The molecular formula is C10H9NO4. The van der Waals surface area contributed by atoms with Crippen molar-refractivity contribution < 1.29 is 14.5 Å². The predicted octanol–water partition coefficient (Wildman–Crippen LogP) is 1.95. The Morgan fingerprint density at radius 2 is 2.20 bits per heavy atom. The van der Waals surface area contributed by atoms with Gasteiger partial charge < -0.3 is 4.74 Å². The van der Waals surface area contributed by atoms with Crippen LogP contribution in [0.3, 0.4) is 0 Å². The van der Waals surface area contributed by atoms with Crippen LogP contribution in [0.4, 0.5) is 5.69 Å². The molecule has 1 saturated carbocycles. The van der Waals surface area contributed by atoms with Gasteiger partial charge >= 0.3 is 0 Å². The summed E-state index contributed by atoms with van der Waals surface area (Å²) in [7, 11) is 0. The third-order valence-corrected chi connectivity index (χ3v) is 2.18. The van der Waals surface area contributed by atoms with Crippen molar-refractivity contribution in [1.29, 1.82) is 0 Å². The Hall–Kier alpha value is -1.91. The maximum absolute atomic E-state index is 10.8. The number of nitro benzene ring substituents is 1. The average molecular weight is 207 g/mol. The summed E-state index contributed by atoms with van der Waals surface area (Å²) in [6, 6.07) is 4.39. The Morgan fingerprint density at radius 3 is 2.73 bits per heavy atom. The number of rotatable bonds is 4. The molecule has 0 heterocycles. The molecule has 0 bridgehead atoms. The van der Waals surface area contributed by atoms with Crippen molar-refractivity contribution in [3.63, 3.8) is 0 Å². The molecule has 5 nitrogen and oxygen atoms in total. The van der Waals surface area contributed by atoms with Crippen LogP contribution in [0.1, 0.15) is 23.2 Å². The normalized spacial score (nSPS) is 14.7. The van der Waals surface area contributed by atoms with Gasteiger partial charge in [0.15, 0.2) is 6.29 Å². The molecule has 1 fully saturated rings. The third kappa shape index (κ3) is 1.96. The highest BCUT2D eigenvalue weighted by molar-refractivity contribution is 5.85. The molecule has 0 unspecified atom stereocenters. The molecule has 1 aromatic rings. The van der Waals surface area contributed by atoms with Crippen molar-refractivity contribution in [1.82, 2.24) is 0 Å². The van der Waals surface area contributed by atoms with Crippen molar-refractivity contribution in [3.05, 3.63) is 33.9 Å². The van der Waals surface area contributed by atoms with Crippen LogP contribution in [0.2, 0.25) is 0 Å². The average Bonchev–Trinajstić information content (AvgIpc) is 3.01. The number of nitrogens with zero attached hydrogens (tertiary/aromatic N) is 1. The molecule has 5 heteroatoms. The summed E-state index contributed by atoms with van der Waals surface area (Å²) in [6.07, 6.45) is 2.48. The quantitative estimate of drug-likeness (QED) is 0.430. The van der Waals surface area contributed by atoms with E-state index in [1.165, 1.54) is 12.1 Å². The largest absolute Gasteiger partial charge is 0.489 e. The first-order chi connectivity index (χ1) is 7.22. The zero-order valence-electron chi connectivity index (χ0n) is 7.88. The first kappa shape index (κ1) is 9.64. The van der Waals surface area contributed by atoms with Crippen molar-refractivity contribution in [3.8, 4) is 5.75 Å². The van der Waals surface area contributed by atoms with Gasteiger partial charge in [-0.3, -0.25) is 14.9 Å². The fourth-order valence-corrected chi connectivity index (χ4v) is 1.28. The third-order valence-electron chi connectivity index (χ3n) is 2.18. The lowest BCUT2D eigenvalue weighted by Gasteiger charge is -2.06. The molecule has 0 spiro atoms. The first-order valence-corrected chi connectivity index (χ1v) is 4.61. The Balaban J connectivity index is 2.38. The number of hydrogen-bond donors (Lipinski definition) is 0. The van der Waals surface area contributed by atoms with Gasteiger partial charge in [-0.15, -0.1) is 0 Å². The molecule has 0 N–H and O–H groups in total. The second-order valence-corrected chi connectivity index (χ2v) is 3.38. The van der Waals surface area contributed by atoms with E-state index in [0.29, 0.717) is 12.0 Å². The number of carbonyl (C=O) groups excluding carboxylic acids is 1. The van der Waals surface area contributed by atoms with Gasteiger partial charge in [-0.25, -0.2) is 0 Å². The van der Waals surface area contributed by atoms with E-state index in [1.54, 1.807) is 6.07 Å². The monoisotopic (exact) mass is 207 g/mol. The topological polar surface area (TPSA) is 69.4 Å². The molecule has 78 valence electrons. The van der Waals surface area contributed by atoms with Crippen molar-refractivity contribution in [2.45, 2.75) is 18.9 Å². The molecule has 0 aromatic heterocycles. The summed E-state index contributed by atoms with van der Waals surface area (Å²) < 4.78 is 5.40. The molecule has 1 aromatic carbocycles. The van der Waals surface area contributed by atoms with E-state index in [0.717, 1.165) is 12.8 Å². The minimum Gasteiger partial charge on any atom is -0.489 e. The lowest BCUT2D eigenvalue weighted by molar-refractivity contribution is -0.385. The van der Waals surface area contributed by atoms with Crippen molar-refractivity contribution in [2.75, 3.05) is 0 Å².